The molecule has 3 rings (SSSR count). The molecular weight excluding hydrogens is 356 g/mol. The van der Waals surface area contributed by atoms with E-state index in [-0.39, 0.29) is 17.7 Å². The number of amides is 1. The zero-order valence-corrected chi connectivity index (χ0v) is 15.3. The molecule has 2 fully saturated rings. The monoisotopic (exact) mass is 380 g/mol. The third-order valence-electron chi connectivity index (χ3n) is 5.31. The summed E-state index contributed by atoms with van der Waals surface area (Å²) in [6.45, 7) is 0.736. The van der Waals surface area contributed by atoms with E-state index < -0.39 is 27.8 Å². The summed E-state index contributed by atoms with van der Waals surface area (Å²) in [5.41, 5.74) is 0.757. The molecule has 8 heteroatoms. The van der Waals surface area contributed by atoms with Gasteiger partial charge in [0.15, 0.2) is 0 Å². The fraction of sp³-hybridized carbons (Fsp3) is 0.556. The molecule has 2 unspecified atom stereocenters. The van der Waals surface area contributed by atoms with Crippen molar-refractivity contribution in [3.8, 4) is 0 Å². The fourth-order valence-corrected chi connectivity index (χ4v) is 5.14. The molecule has 0 radical (unpaired) electrons. The SMILES string of the molecule is O=C(O)C1CCC1C(=O)NC1CCN(S(=O)(=O)Cc2ccccc2)CC1. The van der Waals surface area contributed by atoms with Crippen molar-refractivity contribution >= 4 is 21.9 Å². The first-order chi connectivity index (χ1) is 12.4. The van der Waals surface area contributed by atoms with Crippen LogP contribution in [-0.4, -0.2) is 48.8 Å². The van der Waals surface area contributed by atoms with Crippen LogP contribution in [-0.2, 0) is 25.4 Å². The number of carbonyl (C=O) groups is 2. The first-order valence-electron chi connectivity index (χ1n) is 8.92. The van der Waals surface area contributed by atoms with Crippen molar-refractivity contribution in [2.75, 3.05) is 13.1 Å². The molecule has 7 nitrogen and oxygen atoms in total. The van der Waals surface area contributed by atoms with Crippen LogP contribution in [0.15, 0.2) is 30.3 Å². The first-order valence-corrected chi connectivity index (χ1v) is 10.5. The molecule has 1 amide bonds. The summed E-state index contributed by atoms with van der Waals surface area (Å²) in [4.78, 5) is 23.3. The van der Waals surface area contributed by atoms with Crippen molar-refractivity contribution in [3.63, 3.8) is 0 Å². The Kier molecular flexibility index (Phi) is 5.62. The van der Waals surface area contributed by atoms with Crippen LogP contribution in [0.25, 0.3) is 0 Å². The second-order valence-corrected chi connectivity index (χ2v) is 9.02. The molecule has 2 atom stereocenters. The number of hydrogen-bond acceptors (Lipinski definition) is 4. The standard InChI is InChI=1S/C18H24N2O5S/c21-17(15-6-7-16(15)18(22)23)19-14-8-10-20(11-9-14)26(24,25)12-13-4-2-1-3-5-13/h1-5,14-16H,6-12H2,(H,19,21)(H,22,23). The van der Waals surface area contributed by atoms with E-state index in [1.165, 1.54) is 4.31 Å². The lowest BCUT2D eigenvalue weighted by Crippen LogP contribution is -2.51. The second-order valence-electron chi connectivity index (χ2n) is 7.05. The minimum absolute atomic E-state index is 0.0206. The summed E-state index contributed by atoms with van der Waals surface area (Å²) in [6, 6.07) is 8.97. The Morgan fingerprint density at radius 1 is 1.04 bits per heavy atom. The predicted molar refractivity (Wildman–Crippen MR) is 95.7 cm³/mol. The van der Waals surface area contributed by atoms with Crippen LogP contribution < -0.4 is 5.32 Å². The van der Waals surface area contributed by atoms with Crippen molar-refractivity contribution in [2.24, 2.45) is 11.8 Å². The molecule has 1 heterocycles. The Hall–Kier alpha value is -1.93. The number of piperidine rings is 1. The van der Waals surface area contributed by atoms with Gasteiger partial charge in [-0.2, -0.15) is 0 Å². The average Bonchev–Trinajstić information content (AvgIpc) is 2.54. The van der Waals surface area contributed by atoms with Crippen LogP contribution in [0.5, 0.6) is 0 Å². The maximum Gasteiger partial charge on any atom is 0.307 e. The first kappa shape index (κ1) is 18.8. The third-order valence-corrected chi connectivity index (χ3v) is 7.16. The highest BCUT2D eigenvalue weighted by molar-refractivity contribution is 7.88. The third kappa shape index (κ3) is 4.24. The number of carboxylic acid groups (broad SMARTS) is 1. The summed E-state index contributed by atoms with van der Waals surface area (Å²) >= 11 is 0. The van der Waals surface area contributed by atoms with Gasteiger partial charge >= 0.3 is 5.97 Å². The summed E-state index contributed by atoms with van der Waals surface area (Å²) in [5, 5.41) is 12.0. The molecule has 0 bridgehead atoms. The maximum absolute atomic E-state index is 12.5. The number of carbonyl (C=O) groups excluding carboxylic acids is 1. The van der Waals surface area contributed by atoms with Gasteiger partial charge in [-0.25, -0.2) is 12.7 Å². The van der Waals surface area contributed by atoms with Crippen molar-refractivity contribution in [2.45, 2.75) is 37.5 Å². The summed E-state index contributed by atoms with van der Waals surface area (Å²) in [7, 11) is -3.38. The number of sulfonamides is 1. The van der Waals surface area contributed by atoms with Gasteiger partial charge in [-0.15, -0.1) is 0 Å². The van der Waals surface area contributed by atoms with Crippen LogP contribution in [0.2, 0.25) is 0 Å². The molecule has 142 valence electrons. The highest BCUT2D eigenvalue weighted by atomic mass is 32.2. The molecule has 1 aliphatic carbocycles. The van der Waals surface area contributed by atoms with Gasteiger partial charge in [0.2, 0.25) is 15.9 Å². The highest BCUT2D eigenvalue weighted by Crippen LogP contribution is 2.34. The molecule has 1 aliphatic heterocycles. The minimum atomic E-state index is -3.38. The lowest BCUT2D eigenvalue weighted by molar-refractivity contribution is -0.153. The van der Waals surface area contributed by atoms with Crippen molar-refractivity contribution in [3.05, 3.63) is 35.9 Å². The molecule has 1 aromatic rings. The van der Waals surface area contributed by atoms with Gasteiger partial charge in [0, 0.05) is 19.1 Å². The van der Waals surface area contributed by atoms with Crippen molar-refractivity contribution < 1.29 is 23.1 Å². The lowest BCUT2D eigenvalue weighted by atomic mass is 9.73. The number of nitrogens with one attached hydrogen (secondary N) is 1. The number of carboxylic acids is 1. The van der Waals surface area contributed by atoms with E-state index in [2.05, 4.69) is 5.32 Å². The van der Waals surface area contributed by atoms with Gasteiger partial charge in [0.25, 0.3) is 0 Å². The molecule has 2 N–H and O–H groups in total. The average molecular weight is 380 g/mol. The molecule has 1 aromatic carbocycles. The van der Waals surface area contributed by atoms with E-state index >= 15 is 0 Å². The summed E-state index contributed by atoms with van der Waals surface area (Å²) in [6.07, 6.45) is 2.24. The van der Waals surface area contributed by atoms with E-state index in [1.54, 1.807) is 12.1 Å². The smallest absolute Gasteiger partial charge is 0.307 e. The van der Waals surface area contributed by atoms with Gasteiger partial charge in [0.05, 0.1) is 17.6 Å². The molecule has 1 saturated heterocycles. The Bertz CT molecular complexity index is 757. The number of benzene rings is 1. The Morgan fingerprint density at radius 2 is 1.65 bits per heavy atom. The van der Waals surface area contributed by atoms with Crippen LogP contribution in [0.1, 0.15) is 31.2 Å². The molecule has 2 aliphatic rings. The van der Waals surface area contributed by atoms with Gasteiger partial charge in [0.1, 0.15) is 0 Å². The Balaban J connectivity index is 1.49. The fourth-order valence-electron chi connectivity index (χ4n) is 3.57. The van der Waals surface area contributed by atoms with Gasteiger partial charge in [-0.1, -0.05) is 30.3 Å². The normalized spacial score (nSPS) is 24.6. The van der Waals surface area contributed by atoms with Crippen LogP contribution in [0.4, 0.5) is 0 Å². The maximum atomic E-state index is 12.5. The van der Waals surface area contributed by atoms with E-state index in [9.17, 15) is 18.0 Å². The Morgan fingerprint density at radius 3 is 2.19 bits per heavy atom. The lowest BCUT2D eigenvalue weighted by Gasteiger charge is -2.36. The predicted octanol–water partition coefficient (Wildman–Crippen LogP) is 1.21. The molecule has 1 saturated carbocycles. The van der Waals surface area contributed by atoms with Gasteiger partial charge < -0.3 is 10.4 Å². The number of nitrogens with zero attached hydrogens (tertiary/aromatic N) is 1. The largest absolute Gasteiger partial charge is 0.481 e. The second kappa shape index (κ2) is 7.75. The number of aliphatic carboxylic acids is 1. The van der Waals surface area contributed by atoms with Crippen LogP contribution >= 0.6 is 0 Å². The Labute approximate surface area is 153 Å². The summed E-state index contributed by atoms with van der Waals surface area (Å²) < 4.78 is 26.6. The number of rotatable bonds is 6. The quantitative estimate of drug-likeness (QED) is 0.772. The van der Waals surface area contributed by atoms with Crippen molar-refractivity contribution in [1.29, 1.82) is 0 Å². The minimum Gasteiger partial charge on any atom is -0.481 e. The topological polar surface area (TPSA) is 104 Å². The molecule has 26 heavy (non-hydrogen) atoms. The van der Waals surface area contributed by atoms with E-state index in [0.29, 0.717) is 38.8 Å². The van der Waals surface area contributed by atoms with Crippen molar-refractivity contribution in [1.82, 2.24) is 9.62 Å². The highest BCUT2D eigenvalue weighted by Gasteiger charge is 2.42. The van der Waals surface area contributed by atoms with Gasteiger partial charge in [-0.3, -0.25) is 9.59 Å². The van der Waals surface area contributed by atoms with Crippen LogP contribution in [0.3, 0.4) is 0 Å². The molecular formula is C18H24N2O5S. The zero-order chi connectivity index (χ0) is 18.7. The van der Waals surface area contributed by atoms with E-state index in [4.69, 9.17) is 5.11 Å². The van der Waals surface area contributed by atoms with E-state index in [0.717, 1.165) is 5.56 Å². The zero-order valence-electron chi connectivity index (χ0n) is 14.5. The number of hydrogen-bond donors (Lipinski definition) is 2. The molecule has 0 aromatic heterocycles. The molecule has 0 spiro atoms. The van der Waals surface area contributed by atoms with E-state index in [1.807, 2.05) is 18.2 Å². The van der Waals surface area contributed by atoms with Gasteiger partial charge in [-0.05, 0) is 31.2 Å². The summed E-state index contributed by atoms with van der Waals surface area (Å²) in [5.74, 6) is -2.19. The van der Waals surface area contributed by atoms with Crippen LogP contribution in [0, 0.1) is 11.8 Å².